The Morgan fingerprint density at radius 1 is 1.24 bits per heavy atom. The standard InChI is InChI=1S/C17H19BrN2O/c1-12(19)13-6-7-16(15(18)10-13)20-8-9-21-17-5-3-2-4-14(17)11-20/h2-7,10,12H,8-9,11,19H2,1H3. The highest BCUT2D eigenvalue weighted by molar-refractivity contribution is 9.10. The Balaban J connectivity index is 1.91. The molecule has 2 aromatic carbocycles. The van der Waals surface area contributed by atoms with Gasteiger partial charge in [0.05, 0.1) is 12.2 Å². The van der Waals surface area contributed by atoms with E-state index in [9.17, 15) is 0 Å². The zero-order chi connectivity index (χ0) is 14.8. The van der Waals surface area contributed by atoms with Gasteiger partial charge in [-0.3, -0.25) is 0 Å². The summed E-state index contributed by atoms with van der Waals surface area (Å²) in [6.45, 7) is 4.41. The molecule has 1 heterocycles. The van der Waals surface area contributed by atoms with Gasteiger partial charge in [-0.15, -0.1) is 0 Å². The van der Waals surface area contributed by atoms with Crippen molar-refractivity contribution in [2.75, 3.05) is 18.1 Å². The molecule has 0 amide bonds. The summed E-state index contributed by atoms with van der Waals surface area (Å²) in [7, 11) is 0. The summed E-state index contributed by atoms with van der Waals surface area (Å²) in [6, 6.07) is 14.6. The molecule has 110 valence electrons. The van der Waals surface area contributed by atoms with Crippen LogP contribution in [0.5, 0.6) is 5.75 Å². The molecule has 0 spiro atoms. The Morgan fingerprint density at radius 2 is 2.05 bits per heavy atom. The van der Waals surface area contributed by atoms with E-state index in [0.717, 1.165) is 28.9 Å². The Bertz CT molecular complexity index is 642. The Hall–Kier alpha value is -1.52. The first kappa shape index (κ1) is 14.4. The van der Waals surface area contributed by atoms with Crippen LogP contribution in [0.3, 0.4) is 0 Å². The number of anilines is 1. The number of para-hydroxylation sites is 1. The minimum atomic E-state index is 0.0449. The van der Waals surface area contributed by atoms with E-state index in [1.807, 2.05) is 19.1 Å². The van der Waals surface area contributed by atoms with Gasteiger partial charge < -0.3 is 15.4 Å². The van der Waals surface area contributed by atoms with E-state index in [1.54, 1.807) is 0 Å². The number of nitrogens with zero attached hydrogens (tertiary/aromatic N) is 1. The summed E-state index contributed by atoms with van der Waals surface area (Å²) >= 11 is 3.68. The molecule has 4 heteroatoms. The third kappa shape index (κ3) is 3.06. The maximum Gasteiger partial charge on any atom is 0.124 e. The molecule has 1 atom stereocenters. The molecule has 0 aromatic heterocycles. The Morgan fingerprint density at radius 3 is 2.81 bits per heavy atom. The van der Waals surface area contributed by atoms with E-state index in [1.165, 1.54) is 11.3 Å². The van der Waals surface area contributed by atoms with Crippen molar-refractivity contribution in [2.45, 2.75) is 19.5 Å². The summed E-state index contributed by atoms with van der Waals surface area (Å²) in [5.74, 6) is 0.989. The van der Waals surface area contributed by atoms with Crippen LogP contribution in [0.4, 0.5) is 5.69 Å². The minimum Gasteiger partial charge on any atom is -0.491 e. The molecule has 2 aromatic rings. The van der Waals surface area contributed by atoms with E-state index in [4.69, 9.17) is 10.5 Å². The van der Waals surface area contributed by atoms with Gasteiger partial charge >= 0.3 is 0 Å². The fourth-order valence-corrected chi connectivity index (χ4v) is 3.24. The van der Waals surface area contributed by atoms with E-state index in [0.29, 0.717) is 6.61 Å². The van der Waals surface area contributed by atoms with Crippen molar-refractivity contribution >= 4 is 21.6 Å². The lowest BCUT2D eigenvalue weighted by molar-refractivity contribution is 0.331. The molecular weight excluding hydrogens is 328 g/mol. The van der Waals surface area contributed by atoms with Crippen LogP contribution in [-0.4, -0.2) is 13.2 Å². The number of hydrogen-bond donors (Lipinski definition) is 1. The van der Waals surface area contributed by atoms with Crippen molar-refractivity contribution in [1.29, 1.82) is 0 Å². The average molecular weight is 347 g/mol. The zero-order valence-corrected chi connectivity index (χ0v) is 13.6. The molecule has 0 saturated heterocycles. The number of rotatable bonds is 2. The molecule has 3 nitrogen and oxygen atoms in total. The van der Waals surface area contributed by atoms with Gasteiger partial charge in [0.1, 0.15) is 12.4 Å². The van der Waals surface area contributed by atoms with Crippen molar-refractivity contribution in [3.05, 3.63) is 58.1 Å². The zero-order valence-electron chi connectivity index (χ0n) is 12.1. The molecule has 0 bridgehead atoms. The van der Waals surface area contributed by atoms with Gasteiger partial charge in [-0.2, -0.15) is 0 Å². The molecule has 21 heavy (non-hydrogen) atoms. The molecule has 0 aliphatic carbocycles. The second-order valence-electron chi connectivity index (χ2n) is 5.38. The third-order valence-corrected chi connectivity index (χ3v) is 4.43. The first-order chi connectivity index (χ1) is 10.1. The molecule has 0 saturated carbocycles. The predicted molar refractivity (Wildman–Crippen MR) is 89.7 cm³/mol. The summed E-state index contributed by atoms with van der Waals surface area (Å²) in [5.41, 5.74) is 9.48. The van der Waals surface area contributed by atoms with Crippen LogP contribution in [0.15, 0.2) is 46.9 Å². The number of hydrogen-bond acceptors (Lipinski definition) is 3. The van der Waals surface area contributed by atoms with Crippen LogP contribution in [0.2, 0.25) is 0 Å². The van der Waals surface area contributed by atoms with Crippen molar-refractivity contribution in [3.8, 4) is 5.75 Å². The first-order valence-corrected chi connectivity index (χ1v) is 7.95. The highest BCUT2D eigenvalue weighted by Crippen LogP contribution is 2.32. The fourth-order valence-electron chi connectivity index (χ4n) is 2.59. The number of benzene rings is 2. The van der Waals surface area contributed by atoms with E-state index < -0.39 is 0 Å². The molecule has 2 N–H and O–H groups in total. The van der Waals surface area contributed by atoms with E-state index in [-0.39, 0.29) is 6.04 Å². The number of nitrogens with two attached hydrogens (primary N) is 1. The first-order valence-electron chi connectivity index (χ1n) is 7.16. The highest BCUT2D eigenvalue weighted by Gasteiger charge is 2.17. The predicted octanol–water partition coefficient (Wildman–Crippen LogP) is 3.87. The largest absolute Gasteiger partial charge is 0.491 e. The lowest BCUT2D eigenvalue weighted by Gasteiger charge is -2.24. The van der Waals surface area contributed by atoms with E-state index >= 15 is 0 Å². The maximum absolute atomic E-state index is 5.94. The lowest BCUT2D eigenvalue weighted by Crippen LogP contribution is -2.25. The molecule has 0 fully saturated rings. The van der Waals surface area contributed by atoms with Gasteiger partial charge in [-0.25, -0.2) is 0 Å². The molecule has 0 radical (unpaired) electrons. The number of fused-ring (bicyclic) bond motifs is 1. The monoisotopic (exact) mass is 346 g/mol. The van der Waals surface area contributed by atoms with Crippen molar-refractivity contribution < 1.29 is 4.74 Å². The second kappa shape index (κ2) is 6.08. The second-order valence-corrected chi connectivity index (χ2v) is 6.23. The molecular formula is C17H19BrN2O. The lowest BCUT2D eigenvalue weighted by atomic mass is 10.1. The van der Waals surface area contributed by atoms with Crippen LogP contribution in [0.25, 0.3) is 0 Å². The summed E-state index contributed by atoms with van der Waals surface area (Å²) < 4.78 is 6.91. The summed E-state index contributed by atoms with van der Waals surface area (Å²) in [4.78, 5) is 2.33. The van der Waals surface area contributed by atoms with Gasteiger partial charge in [0.15, 0.2) is 0 Å². The third-order valence-electron chi connectivity index (χ3n) is 3.79. The molecule has 1 aliphatic heterocycles. The quantitative estimate of drug-likeness (QED) is 0.896. The fraction of sp³-hybridized carbons (Fsp3) is 0.294. The normalized spacial score (nSPS) is 15.9. The Kier molecular flexibility index (Phi) is 4.17. The van der Waals surface area contributed by atoms with Crippen molar-refractivity contribution in [1.82, 2.24) is 0 Å². The topological polar surface area (TPSA) is 38.5 Å². The maximum atomic E-state index is 5.94. The highest BCUT2D eigenvalue weighted by atomic mass is 79.9. The molecule has 1 aliphatic rings. The number of ether oxygens (including phenoxy) is 1. The summed E-state index contributed by atoms with van der Waals surface area (Å²) in [6.07, 6.45) is 0. The van der Waals surface area contributed by atoms with Gasteiger partial charge in [0, 0.05) is 22.6 Å². The van der Waals surface area contributed by atoms with Gasteiger partial charge in [-0.05, 0) is 46.6 Å². The van der Waals surface area contributed by atoms with Crippen LogP contribution in [0.1, 0.15) is 24.1 Å². The molecule has 3 rings (SSSR count). The summed E-state index contributed by atoms with van der Waals surface area (Å²) in [5, 5.41) is 0. The SMILES string of the molecule is CC(N)c1ccc(N2CCOc3ccccc3C2)c(Br)c1. The van der Waals surface area contributed by atoms with Crippen LogP contribution in [0, 0.1) is 0 Å². The van der Waals surface area contributed by atoms with E-state index in [2.05, 4.69) is 51.2 Å². The van der Waals surface area contributed by atoms with Gasteiger partial charge in [0.2, 0.25) is 0 Å². The van der Waals surface area contributed by atoms with Gasteiger partial charge in [0.25, 0.3) is 0 Å². The average Bonchev–Trinajstić information content (AvgIpc) is 2.69. The number of halogens is 1. The van der Waals surface area contributed by atoms with Crippen LogP contribution < -0.4 is 15.4 Å². The van der Waals surface area contributed by atoms with Gasteiger partial charge in [-0.1, -0.05) is 24.3 Å². The van der Waals surface area contributed by atoms with Crippen molar-refractivity contribution in [2.24, 2.45) is 5.73 Å². The van der Waals surface area contributed by atoms with Crippen molar-refractivity contribution in [3.63, 3.8) is 0 Å². The van der Waals surface area contributed by atoms with Crippen LogP contribution >= 0.6 is 15.9 Å². The molecule has 1 unspecified atom stereocenters. The Labute approximate surface area is 133 Å². The van der Waals surface area contributed by atoms with Crippen LogP contribution in [-0.2, 0) is 6.54 Å². The smallest absolute Gasteiger partial charge is 0.124 e. The minimum absolute atomic E-state index is 0.0449.